The molecule has 1 atom stereocenters. The largest absolute Gasteiger partial charge is 0.493 e. The van der Waals surface area contributed by atoms with Gasteiger partial charge in [-0.2, -0.15) is 4.98 Å². The average Bonchev–Trinajstić information content (AvgIpc) is 3.21. The Morgan fingerprint density at radius 2 is 1.83 bits per heavy atom. The van der Waals surface area contributed by atoms with Crippen LogP contribution in [0, 0.1) is 5.92 Å². The number of hydrogen-bond donors (Lipinski definition) is 1. The van der Waals surface area contributed by atoms with Gasteiger partial charge in [-0.05, 0) is 36.2 Å². The number of carbonyl (C=O) groups excluding carboxylic acids is 1. The van der Waals surface area contributed by atoms with Crippen molar-refractivity contribution in [1.82, 2.24) is 15.5 Å². The summed E-state index contributed by atoms with van der Waals surface area (Å²) >= 11 is 6.13. The third kappa shape index (κ3) is 4.51. The van der Waals surface area contributed by atoms with E-state index in [0.717, 1.165) is 0 Å². The zero-order valence-electron chi connectivity index (χ0n) is 16.6. The van der Waals surface area contributed by atoms with Gasteiger partial charge in [-0.25, -0.2) is 0 Å². The van der Waals surface area contributed by atoms with Gasteiger partial charge in [-0.3, -0.25) is 4.79 Å². The zero-order valence-corrected chi connectivity index (χ0v) is 17.4. The maximum Gasteiger partial charge on any atom is 0.253 e. The Morgan fingerprint density at radius 1 is 1.10 bits per heavy atom. The first-order valence-electron chi connectivity index (χ1n) is 9.06. The summed E-state index contributed by atoms with van der Waals surface area (Å²) in [5.41, 5.74) is 1.09. The molecule has 1 amide bonds. The first-order chi connectivity index (χ1) is 13.9. The Kier molecular flexibility index (Phi) is 6.39. The fourth-order valence-corrected chi connectivity index (χ4v) is 3.05. The molecule has 1 heterocycles. The molecular weight excluding hydrogens is 394 g/mol. The molecule has 0 spiro atoms. The predicted octanol–water partition coefficient (Wildman–Crippen LogP) is 4.53. The molecule has 152 valence electrons. The van der Waals surface area contributed by atoms with E-state index in [1.807, 2.05) is 19.9 Å². The highest BCUT2D eigenvalue weighted by Gasteiger charge is 2.26. The molecule has 29 heavy (non-hydrogen) atoms. The van der Waals surface area contributed by atoms with E-state index in [-0.39, 0.29) is 11.8 Å². The lowest BCUT2D eigenvalue weighted by Gasteiger charge is -2.18. The summed E-state index contributed by atoms with van der Waals surface area (Å²) in [4.78, 5) is 17.1. The van der Waals surface area contributed by atoms with E-state index in [4.69, 9.17) is 25.6 Å². The maximum atomic E-state index is 12.7. The maximum absolute atomic E-state index is 12.7. The van der Waals surface area contributed by atoms with Crippen molar-refractivity contribution in [3.63, 3.8) is 0 Å². The molecule has 0 aliphatic carbocycles. The molecule has 2 aromatic carbocycles. The van der Waals surface area contributed by atoms with Crippen LogP contribution in [0.2, 0.25) is 5.02 Å². The highest BCUT2D eigenvalue weighted by atomic mass is 35.5. The number of methoxy groups -OCH3 is 2. The third-order valence-electron chi connectivity index (χ3n) is 4.42. The topological polar surface area (TPSA) is 86.5 Å². The number of ether oxygens (including phenoxy) is 2. The second-order valence-corrected chi connectivity index (χ2v) is 7.11. The van der Waals surface area contributed by atoms with Gasteiger partial charge < -0.3 is 19.3 Å². The van der Waals surface area contributed by atoms with Crippen molar-refractivity contribution in [2.45, 2.75) is 19.9 Å². The van der Waals surface area contributed by atoms with Crippen molar-refractivity contribution in [3.8, 4) is 22.9 Å². The summed E-state index contributed by atoms with van der Waals surface area (Å²) < 4.78 is 16.0. The summed E-state index contributed by atoms with van der Waals surface area (Å²) in [5.74, 6) is 1.57. The SMILES string of the molecule is COc1ccc(-c2noc([C@@H](NC(=O)c3ccccc3Cl)C(C)C)n2)cc1OC. The second-order valence-electron chi connectivity index (χ2n) is 6.70. The van der Waals surface area contributed by atoms with Crippen molar-refractivity contribution in [2.75, 3.05) is 14.2 Å². The summed E-state index contributed by atoms with van der Waals surface area (Å²) in [6.45, 7) is 3.91. The fraction of sp³-hybridized carbons (Fsp3) is 0.286. The van der Waals surface area contributed by atoms with Gasteiger partial charge in [0, 0.05) is 5.56 Å². The standard InChI is InChI=1S/C21H22ClN3O4/c1-12(2)18(23-20(26)14-7-5-6-8-15(14)22)21-24-19(25-29-21)13-9-10-16(27-3)17(11-13)28-4/h5-12,18H,1-4H3,(H,23,26)/t18-/m0/s1. The second kappa shape index (κ2) is 8.96. The summed E-state index contributed by atoms with van der Waals surface area (Å²) in [6, 6.07) is 11.7. The Labute approximate surface area is 174 Å². The Balaban J connectivity index is 1.86. The molecule has 0 saturated carbocycles. The lowest BCUT2D eigenvalue weighted by molar-refractivity contribution is 0.0914. The van der Waals surface area contributed by atoms with Gasteiger partial charge >= 0.3 is 0 Å². The van der Waals surface area contributed by atoms with Gasteiger partial charge in [-0.1, -0.05) is 42.7 Å². The molecule has 8 heteroatoms. The molecule has 0 aliphatic rings. The van der Waals surface area contributed by atoms with Crippen LogP contribution in [0.25, 0.3) is 11.4 Å². The van der Waals surface area contributed by atoms with Crippen LogP contribution in [-0.4, -0.2) is 30.3 Å². The molecule has 7 nitrogen and oxygen atoms in total. The minimum absolute atomic E-state index is 0.0140. The highest BCUT2D eigenvalue weighted by Crippen LogP contribution is 2.32. The van der Waals surface area contributed by atoms with E-state index >= 15 is 0 Å². The number of carbonyl (C=O) groups is 1. The normalized spacial score (nSPS) is 11.9. The van der Waals surface area contributed by atoms with Crippen LogP contribution in [-0.2, 0) is 0 Å². The van der Waals surface area contributed by atoms with Crippen molar-refractivity contribution in [1.29, 1.82) is 0 Å². The Morgan fingerprint density at radius 3 is 2.48 bits per heavy atom. The third-order valence-corrected chi connectivity index (χ3v) is 4.75. The number of hydrogen-bond acceptors (Lipinski definition) is 6. The van der Waals surface area contributed by atoms with Gasteiger partial charge in [0.05, 0.1) is 24.8 Å². The summed E-state index contributed by atoms with van der Waals surface area (Å²) in [5, 5.41) is 7.37. The smallest absolute Gasteiger partial charge is 0.253 e. The van der Waals surface area contributed by atoms with E-state index in [1.165, 1.54) is 0 Å². The van der Waals surface area contributed by atoms with E-state index in [0.29, 0.717) is 39.4 Å². The molecule has 3 rings (SSSR count). The lowest BCUT2D eigenvalue weighted by Crippen LogP contribution is -2.32. The first-order valence-corrected chi connectivity index (χ1v) is 9.43. The van der Waals surface area contributed by atoms with Crippen molar-refractivity contribution >= 4 is 17.5 Å². The van der Waals surface area contributed by atoms with Gasteiger partial charge in [0.25, 0.3) is 5.91 Å². The molecule has 0 fully saturated rings. The van der Waals surface area contributed by atoms with Crippen LogP contribution in [0.15, 0.2) is 47.0 Å². The van der Waals surface area contributed by atoms with Gasteiger partial charge in [-0.15, -0.1) is 0 Å². The molecular formula is C21H22ClN3O4. The predicted molar refractivity (Wildman–Crippen MR) is 109 cm³/mol. The Bertz CT molecular complexity index is 1000. The number of amides is 1. The summed E-state index contributed by atoms with van der Waals surface area (Å²) in [6.07, 6.45) is 0. The molecule has 3 aromatic rings. The zero-order chi connectivity index (χ0) is 21.0. The minimum atomic E-state index is -0.472. The van der Waals surface area contributed by atoms with Gasteiger partial charge in [0.15, 0.2) is 11.5 Å². The number of nitrogens with one attached hydrogen (secondary N) is 1. The molecule has 0 radical (unpaired) electrons. The van der Waals surface area contributed by atoms with Crippen LogP contribution in [0.5, 0.6) is 11.5 Å². The van der Waals surface area contributed by atoms with Crippen LogP contribution in [0.4, 0.5) is 0 Å². The van der Waals surface area contributed by atoms with E-state index in [1.54, 1.807) is 50.6 Å². The fourth-order valence-electron chi connectivity index (χ4n) is 2.83. The van der Waals surface area contributed by atoms with Crippen molar-refractivity contribution in [3.05, 3.63) is 58.9 Å². The molecule has 0 saturated heterocycles. The monoisotopic (exact) mass is 415 g/mol. The van der Waals surface area contributed by atoms with E-state index in [2.05, 4.69) is 15.5 Å². The molecule has 0 bridgehead atoms. The number of aromatic nitrogens is 2. The molecule has 1 aromatic heterocycles. The number of rotatable bonds is 7. The van der Waals surface area contributed by atoms with E-state index in [9.17, 15) is 4.79 Å². The quantitative estimate of drug-likeness (QED) is 0.609. The van der Waals surface area contributed by atoms with Crippen molar-refractivity contribution < 1.29 is 18.8 Å². The highest BCUT2D eigenvalue weighted by molar-refractivity contribution is 6.33. The van der Waals surface area contributed by atoms with Crippen LogP contribution in [0.1, 0.15) is 36.1 Å². The van der Waals surface area contributed by atoms with Crippen LogP contribution in [0.3, 0.4) is 0 Å². The summed E-state index contributed by atoms with van der Waals surface area (Å²) in [7, 11) is 3.13. The molecule has 1 N–H and O–H groups in total. The first kappa shape index (κ1) is 20.7. The average molecular weight is 416 g/mol. The van der Waals surface area contributed by atoms with Gasteiger partial charge in [0.1, 0.15) is 6.04 Å². The Hall–Kier alpha value is -3.06. The molecule has 0 aliphatic heterocycles. The van der Waals surface area contributed by atoms with Crippen LogP contribution >= 0.6 is 11.6 Å². The molecule has 0 unspecified atom stereocenters. The number of halogens is 1. The van der Waals surface area contributed by atoms with Crippen LogP contribution < -0.4 is 14.8 Å². The number of nitrogens with zero attached hydrogens (tertiary/aromatic N) is 2. The van der Waals surface area contributed by atoms with E-state index < -0.39 is 6.04 Å². The van der Waals surface area contributed by atoms with Crippen molar-refractivity contribution in [2.24, 2.45) is 5.92 Å². The van der Waals surface area contributed by atoms with Gasteiger partial charge in [0.2, 0.25) is 11.7 Å². The minimum Gasteiger partial charge on any atom is -0.493 e. The lowest BCUT2D eigenvalue weighted by atomic mass is 10.0. The number of benzene rings is 2.